The third kappa shape index (κ3) is 2.09. The highest BCUT2D eigenvalue weighted by Crippen LogP contribution is 2.35. The molecule has 96 valence electrons. The van der Waals surface area contributed by atoms with Gasteiger partial charge in [-0.05, 0) is 32.8 Å². The average molecular weight is 261 g/mol. The molecule has 0 unspecified atom stereocenters. The van der Waals surface area contributed by atoms with Gasteiger partial charge in [-0.2, -0.15) is 0 Å². The zero-order valence-electron chi connectivity index (χ0n) is 11.0. The molecule has 0 aromatic carbocycles. The molecule has 0 bridgehead atoms. The van der Waals surface area contributed by atoms with Crippen molar-refractivity contribution in [1.82, 2.24) is 9.97 Å². The van der Waals surface area contributed by atoms with E-state index < -0.39 is 0 Å². The number of anilines is 1. The van der Waals surface area contributed by atoms with Crippen LogP contribution in [0.5, 0.6) is 0 Å². The molecule has 2 aromatic rings. The van der Waals surface area contributed by atoms with E-state index in [9.17, 15) is 0 Å². The minimum atomic E-state index is 0.578. The van der Waals surface area contributed by atoms with E-state index in [1.807, 2.05) is 0 Å². The highest BCUT2D eigenvalue weighted by molar-refractivity contribution is 7.18. The molecule has 0 amide bonds. The average Bonchev–Trinajstić information content (AvgIpc) is 2.96. The Morgan fingerprint density at radius 1 is 1.33 bits per heavy atom. The van der Waals surface area contributed by atoms with Crippen molar-refractivity contribution >= 4 is 27.4 Å². The lowest BCUT2D eigenvalue weighted by molar-refractivity contribution is 0.674. The van der Waals surface area contributed by atoms with E-state index in [-0.39, 0.29) is 0 Å². The Kier molecular flexibility index (Phi) is 3.20. The number of aryl methyl sites for hydroxylation is 1. The largest absolute Gasteiger partial charge is 0.370 e. The van der Waals surface area contributed by atoms with Crippen molar-refractivity contribution in [3.63, 3.8) is 0 Å². The normalized spacial score (nSPS) is 16.6. The summed E-state index contributed by atoms with van der Waals surface area (Å²) in [5, 5.41) is 4.56. The molecular formula is C14H19N3S. The molecule has 2 heterocycles. The minimum absolute atomic E-state index is 0.578. The summed E-state index contributed by atoms with van der Waals surface area (Å²) >= 11 is 1.77. The van der Waals surface area contributed by atoms with Gasteiger partial charge in [0.2, 0.25) is 0 Å². The van der Waals surface area contributed by atoms with Crippen LogP contribution in [-0.2, 0) is 0 Å². The molecule has 3 nitrogen and oxygen atoms in total. The second kappa shape index (κ2) is 4.84. The van der Waals surface area contributed by atoms with Crippen LogP contribution in [0.25, 0.3) is 10.2 Å². The number of nitrogens with one attached hydrogen (secondary N) is 1. The first-order valence-electron chi connectivity index (χ1n) is 6.80. The van der Waals surface area contributed by atoms with Crippen LogP contribution in [0.4, 0.5) is 5.82 Å². The number of rotatable bonds is 3. The van der Waals surface area contributed by atoms with Crippen molar-refractivity contribution in [1.29, 1.82) is 0 Å². The minimum Gasteiger partial charge on any atom is -0.370 e. The maximum atomic E-state index is 4.79. The van der Waals surface area contributed by atoms with Crippen molar-refractivity contribution in [2.75, 3.05) is 11.9 Å². The van der Waals surface area contributed by atoms with Gasteiger partial charge in [-0.3, -0.25) is 0 Å². The number of hydrogen-bond donors (Lipinski definition) is 1. The summed E-state index contributed by atoms with van der Waals surface area (Å²) in [6, 6.07) is 2.19. The van der Waals surface area contributed by atoms with Gasteiger partial charge in [0, 0.05) is 17.3 Å². The quantitative estimate of drug-likeness (QED) is 0.904. The summed E-state index contributed by atoms with van der Waals surface area (Å²) in [6.45, 7) is 5.16. The van der Waals surface area contributed by atoms with Gasteiger partial charge >= 0.3 is 0 Å². The molecule has 1 aliphatic rings. The molecule has 0 radical (unpaired) electrons. The molecule has 4 heteroatoms. The fourth-order valence-electron chi connectivity index (χ4n) is 2.73. The monoisotopic (exact) mass is 261 g/mol. The van der Waals surface area contributed by atoms with Gasteiger partial charge in [0.25, 0.3) is 0 Å². The van der Waals surface area contributed by atoms with Crippen molar-refractivity contribution < 1.29 is 0 Å². The van der Waals surface area contributed by atoms with Gasteiger partial charge in [0.1, 0.15) is 16.5 Å². The first-order chi connectivity index (χ1) is 8.78. The van der Waals surface area contributed by atoms with Crippen LogP contribution in [0.3, 0.4) is 0 Å². The summed E-state index contributed by atoms with van der Waals surface area (Å²) in [4.78, 5) is 12.0. The van der Waals surface area contributed by atoms with E-state index in [0.717, 1.165) is 23.0 Å². The topological polar surface area (TPSA) is 37.8 Å². The Balaban J connectivity index is 2.09. The smallest absolute Gasteiger partial charge is 0.138 e. The SMILES string of the molecule is CCNc1nc(C2CCCC2)nc2sc(C)cc12. The van der Waals surface area contributed by atoms with Crippen molar-refractivity contribution in [3.8, 4) is 0 Å². The predicted molar refractivity (Wildman–Crippen MR) is 77.5 cm³/mol. The summed E-state index contributed by atoms with van der Waals surface area (Å²) in [7, 11) is 0. The Bertz CT molecular complexity index is 555. The maximum absolute atomic E-state index is 4.79. The molecule has 2 aromatic heterocycles. The third-order valence-corrected chi connectivity index (χ3v) is 4.54. The predicted octanol–water partition coefficient (Wildman–Crippen LogP) is 4.09. The fraction of sp³-hybridized carbons (Fsp3) is 0.571. The van der Waals surface area contributed by atoms with Crippen molar-refractivity contribution in [2.24, 2.45) is 0 Å². The molecule has 0 aliphatic heterocycles. The molecule has 0 atom stereocenters. The van der Waals surface area contributed by atoms with E-state index >= 15 is 0 Å². The van der Waals surface area contributed by atoms with Crippen LogP contribution in [-0.4, -0.2) is 16.5 Å². The number of fused-ring (bicyclic) bond motifs is 1. The summed E-state index contributed by atoms with van der Waals surface area (Å²) < 4.78 is 0. The van der Waals surface area contributed by atoms with Crippen LogP contribution in [0.1, 0.15) is 49.2 Å². The lowest BCUT2D eigenvalue weighted by Gasteiger charge is -2.11. The molecule has 1 aliphatic carbocycles. The zero-order chi connectivity index (χ0) is 12.5. The Morgan fingerprint density at radius 2 is 2.11 bits per heavy atom. The molecule has 1 N–H and O–H groups in total. The number of hydrogen-bond acceptors (Lipinski definition) is 4. The Hall–Kier alpha value is -1.16. The first-order valence-corrected chi connectivity index (χ1v) is 7.61. The van der Waals surface area contributed by atoms with Crippen LogP contribution in [0.2, 0.25) is 0 Å². The maximum Gasteiger partial charge on any atom is 0.138 e. The molecule has 3 rings (SSSR count). The van der Waals surface area contributed by atoms with Crippen molar-refractivity contribution in [2.45, 2.75) is 45.4 Å². The Labute approximate surface area is 112 Å². The van der Waals surface area contributed by atoms with Crippen LogP contribution in [0.15, 0.2) is 6.07 Å². The van der Waals surface area contributed by atoms with Crippen LogP contribution in [0, 0.1) is 6.92 Å². The van der Waals surface area contributed by atoms with E-state index in [2.05, 4.69) is 25.2 Å². The number of nitrogens with zero attached hydrogens (tertiary/aromatic N) is 2. The van der Waals surface area contributed by atoms with E-state index in [1.54, 1.807) is 11.3 Å². The molecule has 0 spiro atoms. The lowest BCUT2D eigenvalue weighted by Crippen LogP contribution is -2.06. The van der Waals surface area contributed by atoms with E-state index in [1.165, 1.54) is 35.9 Å². The van der Waals surface area contributed by atoms with Crippen LogP contribution < -0.4 is 5.32 Å². The summed E-state index contributed by atoms with van der Waals surface area (Å²) in [6.07, 6.45) is 5.15. The second-order valence-electron chi connectivity index (χ2n) is 5.02. The van der Waals surface area contributed by atoms with Gasteiger partial charge in [-0.1, -0.05) is 12.8 Å². The van der Waals surface area contributed by atoms with Gasteiger partial charge in [0.15, 0.2) is 0 Å². The molecule has 18 heavy (non-hydrogen) atoms. The van der Waals surface area contributed by atoms with Gasteiger partial charge in [-0.25, -0.2) is 9.97 Å². The van der Waals surface area contributed by atoms with Crippen LogP contribution >= 0.6 is 11.3 Å². The number of thiophene rings is 1. The summed E-state index contributed by atoms with van der Waals surface area (Å²) in [5.41, 5.74) is 0. The Morgan fingerprint density at radius 3 is 2.83 bits per heavy atom. The highest BCUT2D eigenvalue weighted by atomic mass is 32.1. The van der Waals surface area contributed by atoms with E-state index in [4.69, 9.17) is 9.97 Å². The standard InChI is InChI=1S/C14H19N3S/c1-3-15-13-11-8-9(2)18-14(11)17-12(16-13)10-6-4-5-7-10/h8,10H,3-7H2,1-2H3,(H,15,16,17). The fourth-order valence-corrected chi connectivity index (χ4v) is 3.61. The first kappa shape index (κ1) is 11.9. The molecular weight excluding hydrogens is 242 g/mol. The highest BCUT2D eigenvalue weighted by Gasteiger charge is 2.21. The molecule has 0 saturated heterocycles. The third-order valence-electron chi connectivity index (χ3n) is 3.60. The van der Waals surface area contributed by atoms with Gasteiger partial charge < -0.3 is 5.32 Å². The summed E-state index contributed by atoms with van der Waals surface area (Å²) in [5.74, 6) is 2.65. The van der Waals surface area contributed by atoms with Gasteiger partial charge in [-0.15, -0.1) is 11.3 Å². The zero-order valence-corrected chi connectivity index (χ0v) is 11.8. The number of aromatic nitrogens is 2. The van der Waals surface area contributed by atoms with Gasteiger partial charge in [0.05, 0.1) is 5.39 Å². The van der Waals surface area contributed by atoms with E-state index in [0.29, 0.717) is 5.92 Å². The molecule has 1 fully saturated rings. The lowest BCUT2D eigenvalue weighted by atomic mass is 10.1. The molecule has 1 saturated carbocycles. The second-order valence-corrected chi connectivity index (χ2v) is 6.25. The van der Waals surface area contributed by atoms with Crippen molar-refractivity contribution in [3.05, 3.63) is 16.8 Å².